The van der Waals surface area contributed by atoms with Crippen LogP contribution >= 0.6 is 0 Å². The molecule has 1 aliphatic rings. The van der Waals surface area contributed by atoms with E-state index < -0.39 is 0 Å². The van der Waals surface area contributed by atoms with E-state index in [4.69, 9.17) is 0 Å². The van der Waals surface area contributed by atoms with Crippen molar-refractivity contribution in [1.29, 1.82) is 0 Å². The SMILES string of the molecule is O=C1c2ccccc2C(=O)c2ccccc21.[Co]. The number of carbonyl (C=O) groups excluding carboxylic acids is 2. The van der Waals surface area contributed by atoms with Gasteiger partial charge in [0.1, 0.15) is 0 Å². The van der Waals surface area contributed by atoms with Crippen LogP contribution < -0.4 is 0 Å². The summed E-state index contributed by atoms with van der Waals surface area (Å²) in [4.78, 5) is 24.2. The summed E-state index contributed by atoms with van der Waals surface area (Å²) >= 11 is 0. The molecule has 0 saturated heterocycles. The minimum Gasteiger partial charge on any atom is -0.289 e. The molecule has 0 saturated carbocycles. The predicted octanol–water partition coefficient (Wildman–Crippen LogP) is 2.46. The van der Waals surface area contributed by atoms with Crippen molar-refractivity contribution in [3.63, 3.8) is 0 Å². The summed E-state index contributed by atoms with van der Waals surface area (Å²) in [5.74, 6) is -0.128. The first-order valence-corrected chi connectivity index (χ1v) is 5.06. The van der Waals surface area contributed by atoms with Crippen LogP contribution in [0.15, 0.2) is 48.5 Å². The number of benzene rings is 2. The smallest absolute Gasteiger partial charge is 0.194 e. The summed E-state index contributed by atoms with van der Waals surface area (Å²) in [6.07, 6.45) is 0. The molecule has 0 aliphatic heterocycles. The Balaban J connectivity index is 0.00000108. The van der Waals surface area contributed by atoms with E-state index in [-0.39, 0.29) is 28.3 Å². The minimum atomic E-state index is -0.0641. The molecule has 2 aromatic rings. The van der Waals surface area contributed by atoms with Crippen LogP contribution in [0.2, 0.25) is 0 Å². The molecule has 2 aromatic carbocycles. The summed E-state index contributed by atoms with van der Waals surface area (Å²) in [5.41, 5.74) is 2.02. The molecule has 0 N–H and O–H groups in total. The van der Waals surface area contributed by atoms with Crippen LogP contribution in [0, 0.1) is 0 Å². The molecule has 2 nitrogen and oxygen atoms in total. The first kappa shape index (κ1) is 11.8. The fraction of sp³-hybridized carbons (Fsp3) is 0. The van der Waals surface area contributed by atoms with Crippen molar-refractivity contribution in [2.75, 3.05) is 0 Å². The Hall–Kier alpha value is -1.71. The maximum absolute atomic E-state index is 12.1. The van der Waals surface area contributed by atoms with Crippen LogP contribution in [0.3, 0.4) is 0 Å². The summed E-state index contributed by atoms with van der Waals surface area (Å²) in [5, 5.41) is 0. The van der Waals surface area contributed by atoms with Gasteiger partial charge in [-0.25, -0.2) is 0 Å². The Kier molecular flexibility index (Phi) is 2.96. The fourth-order valence-corrected chi connectivity index (χ4v) is 2.05. The molecule has 3 heteroatoms. The zero-order valence-corrected chi connectivity index (χ0v) is 9.81. The second-order valence-electron chi connectivity index (χ2n) is 3.75. The average Bonchev–Trinajstić information content (AvgIpc) is 2.36. The summed E-state index contributed by atoms with van der Waals surface area (Å²) in [6.45, 7) is 0. The van der Waals surface area contributed by atoms with Gasteiger partial charge in [0, 0.05) is 39.0 Å². The van der Waals surface area contributed by atoms with Gasteiger partial charge in [0.25, 0.3) is 0 Å². The van der Waals surface area contributed by atoms with Crippen molar-refractivity contribution < 1.29 is 26.4 Å². The fourth-order valence-electron chi connectivity index (χ4n) is 2.05. The van der Waals surface area contributed by atoms with Gasteiger partial charge in [0.2, 0.25) is 0 Å². The molecule has 0 atom stereocenters. The van der Waals surface area contributed by atoms with Gasteiger partial charge in [-0.05, 0) is 0 Å². The van der Waals surface area contributed by atoms with Gasteiger partial charge in [-0.15, -0.1) is 0 Å². The van der Waals surface area contributed by atoms with Gasteiger partial charge in [0.15, 0.2) is 11.6 Å². The quantitative estimate of drug-likeness (QED) is 0.627. The molecule has 1 aliphatic carbocycles. The van der Waals surface area contributed by atoms with Crippen molar-refractivity contribution >= 4 is 11.6 Å². The van der Waals surface area contributed by atoms with E-state index in [1.807, 2.05) is 0 Å². The number of carbonyl (C=O) groups is 2. The van der Waals surface area contributed by atoms with E-state index in [1.165, 1.54) is 0 Å². The van der Waals surface area contributed by atoms with E-state index in [1.54, 1.807) is 48.5 Å². The summed E-state index contributed by atoms with van der Waals surface area (Å²) in [6, 6.07) is 13.9. The van der Waals surface area contributed by atoms with Crippen LogP contribution in [-0.4, -0.2) is 11.6 Å². The molecular weight excluding hydrogens is 259 g/mol. The van der Waals surface area contributed by atoms with E-state index in [9.17, 15) is 9.59 Å². The summed E-state index contributed by atoms with van der Waals surface area (Å²) < 4.78 is 0. The van der Waals surface area contributed by atoms with Crippen LogP contribution in [0.4, 0.5) is 0 Å². The molecule has 3 rings (SSSR count). The van der Waals surface area contributed by atoms with Gasteiger partial charge in [-0.1, -0.05) is 48.5 Å². The van der Waals surface area contributed by atoms with Gasteiger partial charge < -0.3 is 0 Å². The van der Waals surface area contributed by atoms with Crippen molar-refractivity contribution in [3.8, 4) is 0 Å². The van der Waals surface area contributed by atoms with Gasteiger partial charge in [-0.2, -0.15) is 0 Å². The number of hydrogen-bond acceptors (Lipinski definition) is 2. The first-order chi connectivity index (χ1) is 7.79. The molecule has 0 unspecified atom stereocenters. The van der Waals surface area contributed by atoms with Crippen LogP contribution in [0.25, 0.3) is 0 Å². The Morgan fingerprint density at radius 2 is 0.765 bits per heavy atom. The molecule has 0 bridgehead atoms. The molecule has 0 heterocycles. The Morgan fingerprint density at radius 3 is 1.00 bits per heavy atom. The van der Waals surface area contributed by atoms with Crippen molar-refractivity contribution in [2.45, 2.75) is 0 Å². The van der Waals surface area contributed by atoms with Crippen LogP contribution in [0.1, 0.15) is 31.8 Å². The average molecular weight is 267 g/mol. The van der Waals surface area contributed by atoms with Crippen LogP contribution in [0.5, 0.6) is 0 Å². The van der Waals surface area contributed by atoms with Gasteiger partial charge in [-0.3, -0.25) is 9.59 Å². The normalized spacial score (nSPS) is 12.5. The molecule has 0 amide bonds. The molecule has 0 spiro atoms. The van der Waals surface area contributed by atoms with Gasteiger partial charge in [0.05, 0.1) is 0 Å². The minimum absolute atomic E-state index is 0. The summed E-state index contributed by atoms with van der Waals surface area (Å²) in [7, 11) is 0. The monoisotopic (exact) mass is 267 g/mol. The molecule has 17 heavy (non-hydrogen) atoms. The third-order valence-electron chi connectivity index (χ3n) is 2.83. The number of rotatable bonds is 0. The third kappa shape index (κ3) is 1.64. The Labute approximate surface area is 109 Å². The second kappa shape index (κ2) is 4.28. The van der Waals surface area contributed by atoms with E-state index >= 15 is 0 Å². The standard InChI is InChI=1S/C14H8O2.Co/c15-13-9-5-1-2-6-10(9)14(16)12-8-4-3-7-11(12)13;/h1-8H;. The third-order valence-corrected chi connectivity index (χ3v) is 2.83. The number of fused-ring (bicyclic) bond motifs is 2. The maximum Gasteiger partial charge on any atom is 0.194 e. The topological polar surface area (TPSA) is 34.1 Å². The second-order valence-corrected chi connectivity index (χ2v) is 3.75. The molecule has 1 radical (unpaired) electrons. The van der Waals surface area contributed by atoms with E-state index in [2.05, 4.69) is 0 Å². The predicted molar refractivity (Wildman–Crippen MR) is 59.7 cm³/mol. The Morgan fingerprint density at radius 1 is 0.529 bits per heavy atom. The molecular formula is C14H8CoO2. The van der Waals surface area contributed by atoms with Crippen molar-refractivity contribution in [2.24, 2.45) is 0 Å². The largest absolute Gasteiger partial charge is 0.289 e. The first-order valence-electron chi connectivity index (χ1n) is 5.06. The number of hydrogen-bond donors (Lipinski definition) is 0. The molecule has 0 fully saturated rings. The van der Waals surface area contributed by atoms with Gasteiger partial charge >= 0.3 is 0 Å². The van der Waals surface area contributed by atoms with E-state index in [0.29, 0.717) is 22.3 Å². The van der Waals surface area contributed by atoms with Crippen molar-refractivity contribution in [3.05, 3.63) is 70.8 Å². The molecule has 85 valence electrons. The molecule has 0 aromatic heterocycles. The van der Waals surface area contributed by atoms with Crippen molar-refractivity contribution in [1.82, 2.24) is 0 Å². The number of ketones is 2. The Bertz CT molecular complexity index is 512. The van der Waals surface area contributed by atoms with E-state index in [0.717, 1.165) is 0 Å². The zero-order valence-electron chi connectivity index (χ0n) is 8.77. The zero-order chi connectivity index (χ0) is 11.1. The maximum atomic E-state index is 12.1. The van der Waals surface area contributed by atoms with Crippen LogP contribution in [-0.2, 0) is 16.8 Å².